The van der Waals surface area contributed by atoms with Gasteiger partial charge in [-0.15, -0.1) is 10.2 Å². The highest BCUT2D eigenvalue weighted by molar-refractivity contribution is 7.13. The van der Waals surface area contributed by atoms with Crippen LogP contribution in [-0.4, -0.2) is 23.3 Å². The highest BCUT2D eigenvalue weighted by Gasteiger charge is 1.91. The Bertz CT molecular complexity index is 162. The molecule has 0 bridgehead atoms. The molecule has 0 aromatic carbocycles. The predicted octanol–water partition coefficient (Wildman–Crippen LogP) is 0.299. The summed E-state index contributed by atoms with van der Waals surface area (Å²) in [6.07, 6.45) is 0.972. The summed E-state index contributed by atoms with van der Waals surface area (Å²) >= 11 is 1.50. The van der Waals surface area contributed by atoms with Crippen LogP contribution in [0.3, 0.4) is 0 Å². The molecule has 1 aromatic rings. The molecule has 5 heteroatoms. The lowest BCUT2D eigenvalue weighted by Crippen LogP contribution is -2.08. The molecule has 4 nitrogen and oxygen atoms in total. The lowest BCUT2D eigenvalue weighted by Gasteiger charge is -1.97. The second-order valence-electron chi connectivity index (χ2n) is 1.81. The molecule has 0 saturated heterocycles. The van der Waals surface area contributed by atoms with Crippen LogP contribution in [0.5, 0.6) is 0 Å². The van der Waals surface area contributed by atoms with E-state index in [2.05, 4.69) is 15.5 Å². The normalized spacial score (nSPS) is 9.70. The molecule has 10 heavy (non-hydrogen) atoms. The number of aromatic nitrogens is 2. The van der Waals surface area contributed by atoms with Gasteiger partial charge in [0.15, 0.2) is 0 Å². The smallest absolute Gasteiger partial charge is 0.205 e. The Hall–Kier alpha value is -0.680. The van der Waals surface area contributed by atoms with Crippen molar-refractivity contribution in [2.45, 2.75) is 6.42 Å². The predicted molar refractivity (Wildman–Crippen MR) is 42.1 cm³/mol. The van der Waals surface area contributed by atoms with Crippen LogP contribution < -0.4 is 11.1 Å². The highest BCUT2D eigenvalue weighted by Crippen LogP contribution is 2.06. The Morgan fingerprint density at radius 2 is 2.60 bits per heavy atom. The van der Waals surface area contributed by atoms with Gasteiger partial charge in [0, 0.05) is 6.54 Å². The van der Waals surface area contributed by atoms with Gasteiger partial charge in [-0.25, -0.2) is 0 Å². The zero-order chi connectivity index (χ0) is 7.23. The van der Waals surface area contributed by atoms with Crippen LogP contribution in [0, 0.1) is 0 Å². The van der Waals surface area contributed by atoms with E-state index in [1.54, 1.807) is 5.51 Å². The van der Waals surface area contributed by atoms with Crippen LogP contribution in [0.25, 0.3) is 0 Å². The number of anilines is 1. The summed E-state index contributed by atoms with van der Waals surface area (Å²) in [6, 6.07) is 0. The minimum Gasteiger partial charge on any atom is -0.360 e. The first-order chi connectivity index (χ1) is 4.93. The maximum atomic E-state index is 5.30. The van der Waals surface area contributed by atoms with Gasteiger partial charge in [-0.2, -0.15) is 0 Å². The van der Waals surface area contributed by atoms with Gasteiger partial charge < -0.3 is 11.1 Å². The summed E-state index contributed by atoms with van der Waals surface area (Å²) in [5.41, 5.74) is 6.99. The van der Waals surface area contributed by atoms with Gasteiger partial charge in [0.25, 0.3) is 0 Å². The average molecular weight is 158 g/mol. The first kappa shape index (κ1) is 7.43. The number of nitrogens with zero attached hydrogens (tertiary/aromatic N) is 2. The molecule has 0 spiro atoms. The van der Waals surface area contributed by atoms with Crippen molar-refractivity contribution in [1.29, 1.82) is 0 Å². The van der Waals surface area contributed by atoms with Crippen molar-refractivity contribution in [3.63, 3.8) is 0 Å². The topological polar surface area (TPSA) is 63.8 Å². The molecule has 0 aliphatic carbocycles. The molecule has 1 rings (SSSR count). The molecule has 1 heterocycles. The lowest BCUT2D eigenvalue weighted by atomic mass is 10.4. The van der Waals surface area contributed by atoms with E-state index in [9.17, 15) is 0 Å². The number of hydrogen-bond acceptors (Lipinski definition) is 5. The van der Waals surface area contributed by atoms with E-state index >= 15 is 0 Å². The molecule has 0 fully saturated rings. The number of hydrogen-bond donors (Lipinski definition) is 2. The highest BCUT2D eigenvalue weighted by atomic mass is 32.1. The monoisotopic (exact) mass is 158 g/mol. The summed E-state index contributed by atoms with van der Waals surface area (Å²) in [7, 11) is 0. The molecule has 0 saturated carbocycles. The zero-order valence-electron chi connectivity index (χ0n) is 5.58. The zero-order valence-corrected chi connectivity index (χ0v) is 6.40. The molecule has 0 unspecified atom stereocenters. The largest absolute Gasteiger partial charge is 0.360 e. The van der Waals surface area contributed by atoms with Crippen LogP contribution in [-0.2, 0) is 0 Å². The van der Waals surface area contributed by atoms with Crippen LogP contribution >= 0.6 is 11.3 Å². The molecule has 1 aromatic heterocycles. The molecule has 3 N–H and O–H groups in total. The minimum atomic E-state index is 0.714. The van der Waals surface area contributed by atoms with Crippen molar-refractivity contribution in [3.05, 3.63) is 5.51 Å². The van der Waals surface area contributed by atoms with Crippen LogP contribution in [0.15, 0.2) is 5.51 Å². The van der Waals surface area contributed by atoms with Crippen molar-refractivity contribution in [2.24, 2.45) is 5.73 Å². The fourth-order valence-corrected chi connectivity index (χ4v) is 1.02. The molecule has 0 aliphatic rings. The van der Waals surface area contributed by atoms with Gasteiger partial charge in [0.2, 0.25) is 5.13 Å². The third kappa shape index (κ3) is 2.28. The van der Waals surface area contributed by atoms with E-state index in [1.165, 1.54) is 11.3 Å². The Labute approximate surface area is 63.5 Å². The standard InChI is InChI=1S/C5H10N4S/c6-2-1-3-7-5-9-8-4-10-5/h4H,1-3,6H2,(H,7,9). The summed E-state index contributed by atoms with van der Waals surface area (Å²) < 4.78 is 0. The van der Waals surface area contributed by atoms with Gasteiger partial charge in [-0.1, -0.05) is 11.3 Å². The second kappa shape index (κ2) is 4.19. The van der Waals surface area contributed by atoms with Crippen molar-refractivity contribution in [1.82, 2.24) is 10.2 Å². The Kier molecular flexibility index (Phi) is 3.11. The van der Waals surface area contributed by atoms with E-state index in [-0.39, 0.29) is 0 Å². The average Bonchev–Trinajstić information content (AvgIpc) is 2.41. The van der Waals surface area contributed by atoms with Gasteiger partial charge in [0.1, 0.15) is 5.51 Å². The molecule has 0 amide bonds. The fraction of sp³-hybridized carbons (Fsp3) is 0.600. The Balaban J connectivity index is 2.15. The molecule has 0 aliphatic heterocycles. The molecule has 0 radical (unpaired) electrons. The van der Waals surface area contributed by atoms with Crippen molar-refractivity contribution in [3.8, 4) is 0 Å². The van der Waals surface area contributed by atoms with E-state index in [0.29, 0.717) is 6.54 Å². The summed E-state index contributed by atoms with van der Waals surface area (Å²) in [6.45, 7) is 1.59. The molecule has 56 valence electrons. The summed E-state index contributed by atoms with van der Waals surface area (Å²) in [4.78, 5) is 0. The maximum absolute atomic E-state index is 5.30. The van der Waals surface area contributed by atoms with Crippen molar-refractivity contribution in [2.75, 3.05) is 18.4 Å². The van der Waals surface area contributed by atoms with Crippen molar-refractivity contribution >= 4 is 16.5 Å². The number of rotatable bonds is 4. The minimum absolute atomic E-state index is 0.714. The first-order valence-electron chi connectivity index (χ1n) is 3.13. The van der Waals surface area contributed by atoms with Crippen molar-refractivity contribution < 1.29 is 0 Å². The molecular formula is C5H10N4S. The van der Waals surface area contributed by atoms with Crippen LogP contribution in [0.4, 0.5) is 5.13 Å². The van der Waals surface area contributed by atoms with Crippen LogP contribution in [0.1, 0.15) is 6.42 Å². The molecular weight excluding hydrogens is 148 g/mol. The Morgan fingerprint density at radius 3 is 3.20 bits per heavy atom. The van der Waals surface area contributed by atoms with Gasteiger partial charge >= 0.3 is 0 Å². The van der Waals surface area contributed by atoms with Gasteiger partial charge in [0.05, 0.1) is 0 Å². The maximum Gasteiger partial charge on any atom is 0.205 e. The first-order valence-corrected chi connectivity index (χ1v) is 4.01. The van der Waals surface area contributed by atoms with E-state index in [1.807, 2.05) is 0 Å². The summed E-state index contributed by atoms with van der Waals surface area (Å²) in [5, 5.41) is 11.4. The van der Waals surface area contributed by atoms with Crippen LogP contribution in [0.2, 0.25) is 0 Å². The third-order valence-electron chi connectivity index (χ3n) is 1.02. The Morgan fingerprint density at radius 1 is 1.70 bits per heavy atom. The number of nitrogens with two attached hydrogens (primary N) is 1. The summed E-state index contributed by atoms with van der Waals surface area (Å²) in [5.74, 6) is 0. The van der Waals surface area contributed by atoms with E-state index in [0.717, 1.165) is 18.1 Å². The SMILES string of the molecule is NCCCNc1nncs1. The quantitative estimate of drug-likeness (QED) is 0.618. The van der Waals surface area contributed by atoms with E-state index < -0.39 is 0 Å². The van der Waals surface area contributed by atoms with E-state index in [4.69, 9.17) is 5.73 Å². The molecule has 0 atom stereocenters. The van der Waals surface area contributed by atoms with Gasteiger partial charge in [-0.05, 0) is 13.0 Å². The fourth-order valence-electron chi connectivity index (χ4n) is 0.547. The number of nitrogens with one attached hydrogen (secondary N) is 1. The third-order valence-corrected chi connectivity index (χ3v) is 1.67. The lowest BCUT2D eigenvalue weighted by molar-refractivity contribution is 0.870. The second-order valence-corrected chi connectivity index (χ2v) is 2.65. The van der Waals surface area contributed by atoms with Gasteiger partial charge in [-0.3, -0.25) is 0 Å².